The standard InChI is InChI=1S/C25H25FN6O4/c26-21-17(15-35-25(34)31-23(27)28)7-4-8-20(21)18-13-29-24(30-14-18)36-19-9-11-32(12-10-19)22(33)16-5-2-1-3-6-16/h1-8,13-14,19H,9-12,15H2,(H4,27,28,31,34). The van der Waals surface area contributed by atoms with Gasteiger partial charge in [-0.3, -0.25) is 4.79 Å². The number of ether oxygens (including phenoxy) is 2. The van der Waals surface area contributed by atoms with Crippen LogP contribution in [0.4, 0.5) is 9.18 Å². The highest BCUT2D eigenvalue weighted by atomic mass is 19.1. The third-order valence-corrected chi connectivity index (χ3v) is 5.61. The number of nitrogens with zero attached hydrogens (tertiary/aromatic N) is 4. The Labute approximate surface area is 206 Å². The van der Waals surface area contributed by atoms with E-state index in [1.54, 1.807) is 24.3 Å². The quantitative estimate of drug-likeness (QED) is 0.395. The summed E-state index contributed by atoms with van der Waals surface area (Å²) < 4.78 is 25.7. The van der Waals surface area contributed by atoms with Crippen LogP contribution in [0.25, 0.3) is 11.1 Å². The van der Waals surface area contributed by atoms with Crippen molar-refractivity contribution in [3.63, 3.8) is 0 Å². The van der Waals surface area contributed by atoms with Crippen LogP contribution in [0.15, 0.2) is 65.9 Å². The van der Waals surface area contributed by atoms with Gasteiger partial charge in [-0.2, -0.15) is 0 Å². The minimum absolute atomic E-state index is 0.00455. The number of amides is 2. The molecule has 0 radical (unpaired) electrons. The van der Waals surface area contributed by atoms with Gasteiger partial charge in [0.1, 0.15) is 18.5 Å². The first-order chi connectivity index (χ1) is 17.4. The Hall–Kier alpha value is -4.54. The number of likely N-dealkylation sites (tertiary alicyclic amines) is 1. The van der Waals surface area contributed by atoms with Crippen molar-refractivity contribution in [2.75, 3.05) is 13.1 Å². The molecule has 2 amide bonds. The highest BCUT2D eigenvalue weighted by Crippen LogP contribution is 2.26. The molecular formula is C25H25FN6O4. The number of hydrogen-bond acceptors (Lipinski definition) is 6. The van der Waals surface area contributed by atoms with E-state index in [1.807, 2.05) is 23.1 Å². The van der Waals surface area contributed by atoms with Crippen molar-refractivity contribution in [1.82, 2.24) is 14.9 Å². The van der Waals surface area contributed by atoms with Crippen LogP contribution < -0.4 is 16.2 Å². The van der Waals surface area contributed by atoms with Gasteiger partial charge >= 0.3 is 12.1 Å². The Bertz CT molecular complexity index is 1240. The van der Waals surface area contributed by atoms with E-state index in [0.717, 1.165) is 0 Å². The van der Waals surface area contributed by atoms with Crippen LogP contribution in [0.3, 0.4) is 0 Å². The zero-order valence-electron chi connectivity index (χ0n) is 19.3. The molecule has 11 heteroatoms. The molecule has 3 aromatic rings. The molecule has 0 saturated carbocycles. The molecular weight excluding hydrogens is 467 g/mol. The lowest BCUT2D eigenvalue weighted by Gasteiger charge is -2.31. The summed E-state index contributed by atoms with van der Waals surface area (Å²) >= 11 is 0. The topological polar surface area (TPSA) is 146 Å². The average molecular weight is 493 g/mol. The Kier molecular flexibility index (Phi) is 7.69. The van der Waals surface area contributed by atoms with E-state index in [9.17, 15) is 14.0 Å². The zero-order valence-corrected chi connectivity index (χ0v) is 19.3. The van der Waals surface area contributed by atoms with Gasteiger partial charge < -0.3 is 25.8 Å². The molecule has 1 saturated heterocycles. The molecule has 1 aliphatic heterocycles. The third-order valence-electron chi connectivity index (χ3n) is 5.61. The van der Waals surface area contributed by atoms with Crippen molar-refractivity contribution in [3.8, 4) is 17.1 Å². The predicted octanol–water partition coefficient (Wildman–Crippen LogP) is 2.88. The fourth-order valence-corrected chi connectivity index (χ4v) is 3.80. The van der Waals surface area contributed by atoms with Crippen molar-refractivity contribution in [2.24, 2.45) is 16.5 Å². The summed E-state index contributed by atoms with van der Waals surface area (Å²) in [6.45, 7) is 0.799. The molecule has 1 aliphatic rings. The van der Waals surface area contributed by atoms with Crippen molar-refractivity contribution in [1.29, 1.82) is 0 Å². The number of benzene rings is 2. The van der Waals surface area contributed by atoms with Crippen molar-refractivity contribution in [2.45, 2.75) is 25.6 Å². The van der Waals surface area contributed by atoms with Gasteiger partial charge in [-0.25, -0.2) is 19.2 Å². The van der Waals surface area contributed by atoms with Gasteiger partial charge in [0.2, 0.25) is 0 Å². The summed E-state index contributed by atoms with van der Waals surface area (Å²) in [7, 11) is 0. The molecule has 2 heterocycles. The largest absolute Gasteiger partial charge is 0.460 e. The summed E-state index contributed by atoms with van der Waals surface area (Å²) in [6.07, 6.45) is 3.09. The lowest BCUT2D eigenvalue weighted by Crippen LogP contribution is -2.41. The van der Waals surface area contributed by atoms with Crippen LogP contribution in [-0.2, 0) is 11.3 Å². The number of carbonyl (C=O) groups excluding carboxylic acids is 2. The summed E-state index contributed by atoms with van der Waals surface area (Å²) in [4.78, 5) is 37.5. The molecule has 0 atom stereocenters. The highest BCUT2D eigenvalue weighted by molar-refractivity contribution is 5.94. The Morgan fingerprint density at radius 3 is 2.39 bits per heavy atom. The molecule has 0 aliphatic carbocycles. The van der Waals surface area contributed by atoms with E-state index >= 15 is 0 Å². The maximum atomic E-state index is 15.0. The van der Waals surface area contributed by atoms with Crippen LogP contribution in [0, 0.1) is 5.82 Å². The van der Waals surface area contributed by atoms with Crippen LogP contribution in [0.1, 0.15) is 28.8 Å². The summed E-state index contributed by atoms with van der Waals surface area (Å²) in [5, 5.41) is 0. The first kappa shape index (κ1) is 24.6. The summed E-state index contributed by atoms with van der Waals surface area (Å²) in [5.41, 5.74) is 11.7. The molecule has 10 nitrogen and oxygen atoms in total. The number of halogens is 1. The highest BCUT2D eigenvalue weighted by Gasteiger charge is 2.25. The second-order valence-electron chi connectivity index (χ2n) is 8.10. The molecule has 0 bridgehead atoms. The van der Waals surface area contributed by atoms with Crippen LogP contribution >= 0.6 is 0 Å². The molecule has 2 aromatic carbocycles. The number of carbonyl (C=O) groups is 2. The molecule has 1 fully saturated rings. The number of guanidine groups is 1. The molecule has 4 rings (SSSR count). The number of aliphatic imine (C=N–C) groups is 1. The van der Waals surface area contributed by atoms with Crippen molar-refractivity contribution in [3.05, 3.63) is 77.9 Å². The molecule has 0 unspecified atom stereocenters. The maximum Gasteiger partial charge on any atom is 0.437 e. The fourth-order valence-electron chi connectivity index (χ4n) is 3.80. The van der Waals surface area contributed by atoms with Crippen LogP contribution in [0.5, 0.6) is 6.01 Å². The van der Waals surface area contributed by atoms with Gasteiger partial charge in [0, 0.05) is 60.6 Å². The van der Waals surface area contributed by atoms with E-state index < -0.39 is 17.9 Å². The number of nitrogens with two attached hydrogens (primary N) is 2. The first-order valence-corrected chi connectivity index (χ1v) is 11.3. The monoisotopic (exact) mass is 492 g/mol. The lowest BCUT2D eigenvalue weighted by atomic mass is 10.1. The number of hydrogen-bond donors (Lipinski definition) is 2. The van der Waals surface area contributed by atoms with Gasteiger partial charge in [-0.15, -0.1) is 4.99 Å². The van der Waals surface area contributed by atoms with E-state index in [-0.39, 0.29) is 35.8 Å². The van der Waals surface area contributed by atoms with E-state index in [2.05, 4.69) is 15.0 Å². The molecule has 36 heavy (non-hydrogen) atoms. The van der Waals surface area contributed by atoms with E-state index in [1.165, 1.54) is 18.5 Å². The van der Waals surface area contributed by atoms with Crippen molar-refractivity contribution >= 4 is 18.0 Å². The SMILES string of the molecule is NC(N)=NC(=O)OCc1cccc(-c2cnc(OC3CCN(C(=O)c4ccccc4)CC3)nc2)c1F. The number of aromatic nitrogens is 2. The second kappa shape index (κ2) is 11.3. The number of rotatable bonds is 6. The van der Waals surface area contributed by atoms with Crippen LogP contribution in [0.2, 0.25) is 0 Å². The Morgan fingerprint density at radius 2 is 1.72 bits per heavy atom. The minimum Gasteiger partial charge on any atom is -0.460 e. The maximum absolute atomic E-state index is 15.0. The van der Waals surface area contributed by atoms with Crippen molar-refractivity contribution < 1.29 is 23.5 Å². The Balaban J connectivity index is 1.34. The molecule has 4 N–H and O–H groups in total. The van der Waals surface area contributed by atoms with Gasteiger partial charge in [-0.1, -0.05) is 36.4 Å². The number of piperidine rings is 1. The smallest absolute Gasteiger partial charge is 0.437 e. The first-order valence-electron chi connectivity index (χ1n) is 11.3. The van der Waals surface area contributed by atoms with Crippen LogP contribution in [-0.4, -0.2) is 52.0 Å². The molecule has 0 spiro atoms. The summed E-state index contributed by atoms with van der Waals surface area (Å²) in [6, 6.07) is 14.0. The average Bonchev–Trinajstić information content (AvgIpc) is 2.89. The van der Waals surface area contributed by atoms with Gasteiger partial charge in [-0.05, 0) is 12.1 Å². The van der Waals surface area contributed by atoms with E-state index in [4.69, 9.17) is 20.9 Å². The summed E-state index contributed by atoms with van der Waals surface area (Å²) in [5.74, 6) is -1.02. The van der Waals surface area contributed by atoms with Gasteiger partial charge in [0.15, 0.2) is 5.96 Å². The zero-order chi connectivity index (χ0) is 25.5. The molecule has 186 valence electrons. The normalized spacial score (nSPS) is 13.6. The lowest BCUT2D eigenvalue weighted by molar-refractivity contribution is 0.0578. The Morgan fingerprint density at radius 1 is 1.03 bits per heavy atom. The van der Waals surface area contributed by atoms with Gasteiger partial charge in [0.05, 0.1) is 0 Å². The molecule has 1 aromatic heterocycles. The van der Waals surface area contributed by atoms with E-state index in [0.29, 0.717) is 37.1 Å². The fraction of sp³-hybridized carbons (Fsp3) is 0.240. The second-order valence-corrected chi connectivity index (χ2v) is 8.10. The predicted molar refractivity (Wildman–Crippen MR) is 129 cm³/mol. The minimum atomic E-state index is -1.01. The third kappa shape index (κ3) is 6.12. The van der Waals surface area contributed by atoms with Gasteiger partial charge in [0.25, 0.3) is 5.91 Å².